The van der Waals surface area contributed by atoms with Crippen molar-refractivity contribution in [3.05, 3.63) is 42.0 Å². The molecular weight excluding hydrogens is 421 g/mol. The fraction of sp³-hybridized carbons (Fsp3) is 0.478. The first kappa shape index (κ1) is 21.2. The summed E-state index contributed by atoms with van der Waals surface area (Å²) in [5.74, 6) is 0.527. The highest BCUT2D eigenvalue weighted by molar-refractivity contribution is 5.92. The summed E-state index contributed by atoms with van der Waals surface area (Å²) in [5.41, 5.74) is 3.14. The lowest BCUT2D eigenvalue weighted by molar-refractivity contribution is -0.206. The van der Waals surface area contributed by atoms with Gasteiger partial charge in [0.1, 0.15) is 5.52 Å². The highest BCUT2D eigenvalue weighted by Gasteiger charge is 2.39. The number of aliphatic hydroxyl groups excluding tert-OH is 1. The summed E-state index contributed by atoms with van der Waals surface area (Å²) in [5, 5.41) is 21.3. The van der Waals surface area contributed by atoms with Crippen LogP contribution >= 0.6 is 0 Å². The molecule has 2 heterocycles. The van der Waals surface area contributed by atoms with Crippen LogP contribution in [0.15, 0.2) is 41.0 Å². The maximum Gasteiger partial charge on any atom is 0.418 e. The average molecular weight is 446 g/mol. The lowest BCUT2D eigenvalue weighted by atomic mass is 9.92. The van der Waals surface area contributed by atoms with E-state index in [4.69, 9.17) is 4.63 Å². The molecule has 1 saturated heterocycles. The topological polar surface area (TPSA) is 74.4 Å². The summed E-state index contributed by atoms with van der Waals surface area (Å²) in [6, 6.07) is 10.2. The summed E-state index contributed by atoms with van der Waals surface area (Å²) in [6.45, 7) is 2.73. The molecule has 2 fully saturated rings. The second-order valence-electron chi connectivity index (χ2n) is 8.83. The molecule has 1 unspecified atom stereocenters. The second kappa shape index (κ2) is 8.37. The Labute approximate surface area is 183 Å². The first-order chi connectivity index (χ1) is 15.4. The van der Waals surface area contributed by atoms with Crippen LogP contribution in [0.3, 0.4) is 0 Å². The Morgan fingerprint density at radius 3 is 2.72 bits per heavy atom. The summed E-state index contributed by atoms with van der Waals surface area (Å²) in [6.07, 6.45) is -2.37. The highest BCUT2D eigenvalue weighted by Crippen LogP contribution is 2.37. The quantitative estimate of drug-likeness (QED) is 0.583. The molecule has 0 radical (unpaired) electrons. The molecule has 32 heavy (non-hydrogen) atoms. The van der Waals surface area contributed by atoms with Crippen molar-refractivity contribution in [1.29, 1.82) is 0 Å². The lowest BCUT2D eigenvalue weighted by Gasteiger charge is -2.28. The first-order valence-electron chi connectivity index (χ1n) is 11.0. The summed E-state index contributed by atoms with van der Waals surface area (Å²) in [7, 11) is 0. The zero-order chi connectivity index (χ0) is 22.3. The molecule has 0 bridgehead atoms. The molecule has 170 valence electrons. The number of aromatic nitrogens is 2. The molecule has 1 aliphatic heterocycles. The molecule has 0 spiro atoms. The SMILES string of the molecule is OC(c1cccc(-c2cc(N3CC[C@@H](CNC4CCC4)C3)c3nonc3c2)c1)C(F)(F)F. The van der Waals surface area contributed by atoms with E-state index >= 15 is 0 Å². The van der Waals surface area contributed by atoms with Crippen molar-refractivity contribution in [2.75, 3.05) is 24.5 Å². The van der Waals surface area contributed by atoms with Crippen LogP contribution in [-0.2, 0) is 0 Å². The van der Waals surface area contributed by atoms with Crippen molar-refractivity contribution < 1.29 is 22.9 Å². The summed E-state index contributed by atoms with van der Waals surface area (Å²) >= 11 is 0. The highest BCUT2D eigenvalue weighted by atomic mass is 19.4. The Balaban J connectivity index is 1.42. The van der Waals surface area contributed by atoms with Crippen LogP contribution in [-0.4, -0.2) is 47.3 Å². The van der Waals surface area contributed by atoms with E-state index in [0.29, 0.717) is 34.1 Å². The van der Waals surface area contributed by atoms with E-state index in [-0.39, 0.29) is 5.56 Å². The number of rotatable bonds is 6. The third kappa shape index (κ3) is 4.19. The van der Waals surface area contributed by atoms with E-state index in [1.807, 2.05) is 6.07 Å². The number of alkyl halides is 3. The monoisotopic (exact) mass is 446 g/mol. The van der Waals surface area contributed by atoms with Crippen molar-refractivity contribution in [1.82, 2.24) is 15.6 Å². The van der Waals surface area contributed by atoms with Crippen molar-refractivity contribution >= 4 is 16.7 Å². The van der Waals surface area contributed by atoms with Crippen LogP contribution in [0.5, 0.6) is 0 Å². The number of nitrogens with one attached hydrogen (secondary N) is 1. The van der Waals surface area contributed by atoms with Gasteiger partial charge in [-0.3, -0.25) is 0 Å². The molecule has 0 amide bonds. The number of hydrogen-bond donors (Lipinski definition) is 2. The predicted molar refractivity (Wildman–Crippen MR) is 114 cm³/mol. The fourth-order valence-electron chi connectivity index (χ4n) is 4.52. The van der Waals surface area contributed by atoms with Crippen molar-refractivity contribution in [3.63, 3.8) is 0 Å². The fourth-order valence-corrected chi connectivity index (χ4v) is 4.52. The van der Waals surface area contributed by atoms with Crippen LogP contribution in [0.25, 0.3) is 22.2 Å². The van der Waals surface area contributed by atoms with Crippen molar-refractivity contribution in [2.45, 2.75) is 44.0 Å². The molecule has 5 rings (SSSR count). The molecule has 2 atom stereocenters. The molecule has 6 nitrogen and oxygen atoms in total. The van der Waals surface area contributed by atoms with Crippen LogP contribution in [0.2, 0.25) is 0 Å². The third-order valence-corrected chi connectivity index (χ3v) is 6.61. The minimum Gasteiger partial charge on any atom is -0.379 e. The zero-order valence-corrected chi connectivity index (χ0v) is 17.5. The molecular formula is C23H25F3N4O2. The van der Waals surface area contributed by atoms with E-state index in [1.54, 1.807) is 12.1 Å². The number of halogens is 3. The molecule has 2 aromatic carbocycles. The largest absolute Gasteiger partial charge is 0.418 e. The maximum atomic E-state index is 13.0. The number of nitrogens with zero attached hydrogens (tertiary/aromatic N) is 3. The van der Waals surface area contributed by atoms with Gasteiger partial charge in [0, 0.05) is 19.1 Å². The van der Waals surface area contributed by atoms with Gasteiger partial charge in [-0.2, -0.15) is 13.2 Å². The molecule has 1 aliphatic carbocycles. The van der Waals surface area contributed by atoms with E-state index < -0.39 is 12.3 Å². The standard InChI is InChI=1S/C23H25F3N4O2/c24-23(25,26)22(31)16-4-1-3-15(9-16)17-10-19-21(29-32-28-19)20(11-17)30-8-7-14(13-30)12-27-18-5-2-6-18/h1,3-4,9-11,14,18,22,27,31H,2,5-8,12-13H2/t14-,22?/m0/s1. The number of hydrogen-bond acceptors (Lipinski definition) is 6. The number of aliphatic hydroxyl groups is 1. The Morgan fingerprint density at radius 1 is 1.12 bits per heavy atom. The minimum atomic E-state index is -4.72. The van der Waals surface area contributed by atoms with Crippen LogP contribution < -0.4 is 10.2 Å². The van der Waals surface area contributed by atoms with Gasteiger partial charge in [0.05, 0.1) is 5.69 Å². The predicted octanol–water partition coefficient (Wildman–Crippen LogP) is 4.45. The van der Waals surface area contributed by atoms with Gasteiger partial charge in [-0.05, 0) is 76.9 Å². The Hall–Kier alpha value is -2.65. The molecule has 2 aliphatic rings. The minimum absolute atomic E-state index is 0.196. The van der Waals surface area contributed by atoms with Crippen LogP contribution in [0.4, 0.5) is 18.9 Å². The Kier molecular flexibility index (Phi) is 5.54. The van der Waals surface area contributed by atoms with E-state index in [0.717, 1.165) is 31.7 Å². The summed E-state index contributed by atoms with van der Waals surface area (Å²) in [4.78, 5) is 2.25. The summed E-state index contributed by atoms with van der Waals surface area (Å²) < 4.78 is 43.9. The normalized spacial score (nSPS) is 20.6. The first-order valence-corrected chi connectivity index (χ1v) is 11.0. The van der Waals surface area contributed by atoms with Gasteiger partial charge >= 0.3 is 6.18 Å². The lowest BCUT2D eigenvalue weighted by Crippen LogP contribution is -2.38. The van der Waals surface area contributed by atoms with Gasteiger partial charge in [-0.15, -0.1) is 0 Å². The van der Waals surface area contributed by atoms with Gasteiger partial charge in [-0.1, -0.05) is 24.6 Å². The Morgan fingerprint density at radius 2 is 1.97 bits per heavy atom. The smallest absolute Gasteiger partial charge is 0.379 e. The molecule has 3 aromatic rings. The third-order valence-electron chi connectivity index (χ3n) is 6.61. The number of benzene rings is 2. The molecule has 1 saturated carbocycles. The van der Waals surface area contributed by atoms with E-state index in [2.05, 4.69) is 20.5 Å². The van der Waals surface area contributed by atoms with Crippen LogP contribution in [0.1, 0.15) is 37.4 Å². The van der Waals surface area contributed by atoms with Crippen molar-refractivity contribution in [2.24, 2.45) is 5.92 Å². The molecule has 9 heteroatoms. The van der Waals surface area contributed by atoms with E-state index in [1.165, 1.54) is 37.5 Å². The number of anilines is 1. The maximum absolute atomic E-state index is 13.0. The van der Waals surface area contributed by atoms with Crippen LogP contribution in [0, 0.1) is 5.92 Å². The number of fused-ring (bicyclic) bond motifs is 1. The Bertz CT molecular complexity index is 1100. The second-order valence-corrected chi connectivity index (χ2v) is 8.83. The average Bonchev–Trinajstić information content (AvgIpc) is 3.40. The van der Waals surface area contributed by atoms with Gasteiger partial charge in [0.2, 0.25) is 0 Å². The molecule has 1 aromatic heterocycles. The van der Waals surface area contributed by atoms with E-state index in [9.17, 15) is 18.3 Å². The van der Waals surface area contributed by atoms with Gasteiger partial charge in [0.25, 0.3) is 0 Å². The van der Waals surface area contributed by atoms with Gasteiger partial charge < -0.3 is 15.3 Å². The molecule has 2 N–H and O–H groups in total. The van der Waals surface area contributed by atoms with Gasteiger partial charge in [-0.25, -0.2) is 4.63 Å². The zero-order valence-electron chi connectivity index (χ0n) is 17.5. The van der Waals surface area contributed by atoms with Gasteiger partial charge in [0.15, 0.2) is 11.6 Å². The van der Waals surface area contributed by atoms with Crippen molar-refractivity contribution in [3.8, 4) is 11.1 Å².